The fraction of sp³-hybridized carbons (Fsp3) is 0.625. The van der Waals surface area contributed by atoms with Crippen LogP contribution in [0.15, 0.2) is 11.1 Å². The Bertz CT molecular complexity index is 288. The van der Waals surface area contributed by atoms with Crippen LogP contribution in [0, 0.1) is 0 Å². The summed E-state index contributed by atoms with van der Waals surface area (Å²) in [5.41, 5.74) is 1.97. The summed E-state index contributed by atoms with van der Waals surface area (Å²) in [6, 6.07) is 0. The van der Waals surface area contributed by atoms with Gasteiger partial charge in [0.15, 0.2) is 0 Å². The predicted octanol–water partition coefficient (Wildman–Crippen LogP) is 3.29. The van der Waals surface area contributed by atoms with Crippen LogP contribution in [0.4, 0.5) is 0 Å². The predicted molar refractivity (Wildman–Crippen MR) is 65.1 cm³/mol. The number of hydrogen-bond donors (Lipinski definition) is 0. The van der Waals surface area contributed by atoms with Gasteiger partial charge in [0.1, 0.15) is 0 Å². The fourth-order valence-corrected chi connectivity index (χ4v) is 8.03. The zero-order valence-electron chi connectivity index (χ0n) is 7.93. The average molecular weight is 332 g/mol. The molecule has 0 saturated carbocycles. The van der Waals surface area contributed by atoms with Crippen molar-refractivity contribution < 1.29 is 9.53 Å². The van der Waals surface area contributed by atoms with Crippen molar-refractivity contribution in [2.75, 3.05) is 26.1 Å². The first-order chi connectivity index (χ1) is 5.73. The summed E-state index contributed by atoms with van der Waals surface area (Å²) < 4.78 is 2.77. The Hall–Kier alpha value is 0.600. The molecule has 2 nitrogen and oxygen atoms in total. The molecule has 0 aromatic heterocycles. The summed E-state index contributed by atoms with van der Waals surface area (Å²) in [4.78, 5) is 11.4. The molecule has 0 unspecified atom stereocenters. The van der Waals surface area contributed by atoms with Gasteiger partial charge in [0.2, 0.25) is 0 Å². The van der Waals surface area contributed by atoms with Crippen LogP contribution >= 0.6 is 35.0 Å². The van der Waals surface area contributed by atoms with E-state index in [9.17, 15) is 4.79 Å². The number of esters is 1. The van der Waals surface area contributed by atoms with Gasteiger partial charge < -0.3 is 0 Å². The van der Waals surface area contributed by atoms with Gasteiger partial charge in [-0.25, -0.2) is 0 Å². The number of ether oxygens (including phenoxy) is 1. The van der Waals surface area contributed by atoms with Crippen molar-refractivity contribution in [3.63, 3.8) is 0 Å². The van der Waals surface area contributed by atoms with Crippen molar-refractivity contribution in [3.05, 3.63) is 11.1 Å². The molecule has 5 heteroatoms. The van der Waals surface area contributed by atoms with E-state index < -0.39 is 4.01 Å². The third kappa shape index (κ3) is 2.77. The van der Waals surface area contributed by atoms with Gasteiger partial charge in [-0.05, 0) is 0 Å². The summed E-state index contributed by atoms with van der Waals surface area (Å²) in [7, 11) is 1.42. The Kier molecular flexibility index (Phi) is 2.98. The van der Waals surface area contributed by atoms with Gasteiger partial charge in [0.25, 0.3) is 0 Å². The maximum absolute atomic E-state index is 11.4. The number of halogens is 2. The molecule has 0 spiro atoms. The van der Waals surface area contributed by atoms with Gasteiger partial charge in [-0.2, -0.15) is 0 Å². The SMILES string of the molecule is COC(=O)C1=C(C)CP(C)(Br)(Br)C1. The van der Waals surface area contributed by atoms with E-state index in [1.54, 1.807) is 0 Å². The van der Waals surface area contributed by atoms with Crippen molar-refractivity contribution in [2.24, 2.45) is 0 Å². The second-order valence-electron chi connectivity index (χ2n) is 3.80. The fourth-order valence-electron chi connectivity index (χ4n) is 1.62. The number of allylic oxidation sites excluding steroid dienone is 1. The molecule has 0 atom stereocenters. The Morgan fingerprint density at radius 1 is 1.46 bits per heavy atom. The van der Waals surface area contributed by atoms with Crippen LogP contribution in [-0.2, 0) is 9.53 Å². The van der Waals surface area contributed by atoms with E-state index in [0.717, 1.165) is 23.5 Å². The third-order valence-electron chi connectivity index (χ3n) is 2.12. The Morgan fingerprint density at radius 2 is 2.00 bits per heavy atom. The molecule has 0 aromatic rings. The molecular weight excluding hydrogens is 319 g/mol. The summed E-state index contributed by atoms with van der Waals surface area (Å²) in [6.07, 6.45) is 1.72. The zero-order chi connectivity index (χ0) is 10.3. The molecule has 0 saturated heterocycles. The van der Waals surface area contributed by atoms with Gasteiger partial charge in [0.05, 0.1) is 0 Å². The molecular formula is C8H13Br2O2P. The first kappa shape index (κ1) is 11.7. The summed E-state index contributed by atoms with van der Waals surface area (Å²) in [6.45, 7) is 4.15. The van der Waals surface area contributed by atoms with E-state index >= 15 is 0 Å². The van der Waals surface area contributed by atoms with E-state index in [0.29, 0.717) is 0 Å². The van der Waals surface area contributed by atoms with E-state index in [-0.39, 0.29) is 5.97 Å². The van der Waals surface area contributed by atoms with Crippen LogP contribution in [-0.4, -0.2) is 32.1 Å². The van der Waals surface area contributed by atoms with Gasteiger partial charge in [-0.1, -0.05) is 0 Å². The Labute approximate surface area is 94.5 Å². The van der Waals surface area contributed by atoms with Crippen molar-refractivity contribution in [1.29, 1.82) is 0 Å². The van der Waals surface area contributed by atoms with Gasteiger partial charge in [-0.3, -0.25) is 0 Å². The van der Waals surface area contributed by atoms with Gasteiger partial charge in [0, 0.05) is 0 Å². The summed E-state index contributed by atoms with van der Waals surface area (Å²) in [5, 5.41) is 0. The number of methoxy groups -OCH3 is 1. The van der Waals surface area contributed by atoms with Gasteiger partial charge in [-0.15, -0.1) is 0 Å². The molecule has 13 heavy (non-hydrogen) atoms. The standard InChI is InChI=1S/C8H13Br2O2P/c1-6-4-13(3,9,10)5-7(6)8(11)12-2/h4-5H2,1-3H3. The van der Waals surface area contributed by atoms with Gasteiger partial charge >= 0.3 is 94.7 Å². The summed E-state index contributed by atoms with van der Waals surface area (Å²) >= 11 is 7.45. The van der Waals surface area contributed by atoms with Crippen LogP contribution in [0.2, 0.25) is 0 Å². The van der Waals surface area contributed by atoms with Crippen molar-refractivity contribution in [3.8, 4) is 0 Å². The average Bonchev–Trinajstić information content (AvgIpc) is 2.18. The quantitative estimate of drug-likeness (QED) is 0.544. The zero-order valence-corrected chi connectivity index (χ0v) is 12.0. The molecule has 0 fully saturated rings. The number of hydrogen-bond acceptors (Lipinski definition) is 2. The minimum atomic E-state index is -1.96. The van der Waals surface area contributed by atoms with Crippen LogP contribution in [0.1, 0.15) is 6.92 Å². The Morgan fingerprint density at radius 3 is 2.31 bits per heavy atom. The van der Waals surface area contributed by atoms with E-state index in [1.165, 1.54) is 7.11 Å². The topological polar surface area (TPSA) is 26.3 Å². The molecule has 0 bridgehead atoms. The molecule has 1 rings (SSSR count). The molecule has 1 aliphatic rings. The van der Waals surface area contributed by atoms with Crippen LogP contribution in [0.3, 0.4) is 0 Å². The molecule has 0 amide bonds. The third-order valence-corrected chi connectivity index (χ3v) is 7.48. The number of rotatable bonds is 1. The van der Waals surface area contributed by atoms with E-state index in [4.69, 9.17) is 4.74 Å². The second-order valence-corrected chi connectivity index (χ2v) is 23.2. The normalized spacial score (nSPS) is 27.9. The molecule has 1 heterocycles. The molecule has 76 valence electrons. The molecule has 1 aliphatic heterocycles. The monoisotopic (exact) mass is 330 g/mol. The first-order valence-corrected chi connectivity index (χ1v) is 11.0. The molecule has 0 aliphatic carbocycles. The number of carbonyl (C=O) groups excluding carboxylic acids is 1. The van der Waals surface area contributed by atoms with Crippen molar-refractivity contribution >= 4 is 41.0 Å². The van der Waals surface area contributed by atoms with Crippen LogP contribution in [0.5, 0.6) is 0 Å². The Balaban J connectivity index is 2.92. The van der Waals surface area contributed by atoms with Crippen LogP contribution < -0.4 is 0 Å². The molecule has 0 radical (unpaired) electrons. The first-order valence-electron chi connectivity index (χ1n) is 3.94. The van der Waals surface area contributed by atoms with Crippen molar-refractivity contribution in [2.45, 2.75) is 6.92 Å². The van der Waals surface area contributed by atoms with E-state index in [2.05, 4.69) is 37.6 Å². The number of carbonyl (C=O) groups is 1. The van der Waals surface area contributed by atoms with E-state index in [1.807, 2.05) is 6.92 Å². The van der Waals surface area contributed by atoms with Crippen molar-refractivity contribution in [1.82, 2.24) is 0 Å². The minimum absolute atomic E-state index is 0.190. The maximum atomic E-state index is 11.4. The molecule has 0 N–H and O–H groups in total. The second kappa shape index (κ2) is 3.32. The van der Waals surface area contributed by atoms with Crippen LogP contribution in [0.25, 0.3) is 0 Å². The summed E-state index contributed by atoms with van der Waals surface area (Å²) in [5.74, 6) is -0.190. The molecule has 0 aromatic carbocycles.